The minimum Gasteiger partial charge on any atom is -0.330 e. The number of pyridine rings is 1. The van der Waals surface area contributed by atoms with Crippen LogP contribution in [0.5, 0.6) is 0 Å². The summed E-state index contributed by atoms with van der Waals surface area (Å²) in [5.41, 5.74) is 1.31. The van der Waals surface area contributed by atoms with Crippen molar-refractivity contribution in [3.05, 3.63) is 29.6 Å². The molecule has 1 aromatic rings. The summed E-state index contributed by atoms with van der Waals surface area (Å²) in [6.07, 6.45) is 2.95. The minimum absolute atomic E-state index is 0.133. The largest absolute Gasteiger partial charge is 0.330 e. The third-order valence-corrected chi connectivity index (χ3v) is 2.75. The number of ketones is 1. The summed E-state index contributed by atoms with van der Waals surface area (Å²) < 4.78 is 0. The Balaban J connectivity index is 2.19. The van der Waals surface area contributed by atoms with E-state index in [1.165, 1.54) is 0 Å². The molecule has 1 amide bonds. The van der Waals surface area contributed by atoms with E-state index in [1.807, 2.05) is 13.0 Å². The lowest BCUT2D eigenvalue weighted by Crippen LogP contribution is -2.40. The van der Waals surface area contributed by atoms with Crippen molar-refractivity contribution in [2.75, 3.05) is 13.1 Å². The van der Waals surface area contributed by atoms with Gasteiger partial charge in [-0.15, -0.1) is 0 Å². The maximum Gasteiger partial charge on any atom is 0.273 e. The average Bonchev–Trinajstić information content (AvgIpc) is 2.29. The van der Waals surface area contributed by atoms with E-state index in [-0.39, 0.29) is 18.2 Å². The number of hydrogen-bond donors (Lipinski definition) is 0. The minimum atomic E-state index is -0.133. The summed E-state index contributed by atoms with van der Waals surface area (Å²) in [4.78, 5) is 29.0. The number of hydrogen-bond acceptors (Lipinski definition) is 3. The van der Waals surface area contributed by atoms with E-state index in [2.05, 4.69) is 4.98 Å². The first-order chi connectivity index (χ1) is 7.68. The number of rotatable bonds is 1. The van der Waals surface area contributed by atoms with Gasteiger partial charge in [0.05, 0.1) is 6.54 Å². The molecule has 2 heterocycles. The van der Waals surface area contributed by atoms with Crippen LogP contribution in [0.4, 0.5) is 0 Å². The Morgan fingerprint density at radius 2 is 2.31 bits per heavy atom. The van der Waals surface area contributed by atoms with Gasteiger partial charge in [-0.25, -0.2) is 0 Å². The van der Waals surface area contributed by atoms with Gasteiger partial charge in [0.15, 0.2) is 5.78 Å². The van der Waals surface area contributed by atoms with E-state index < -0.39 is 0 Å². The average molecular weight is 218 g/mol. The number of piperidine rings is 1. The third-order valence-electron chi connectivity index (χ3n) is 2.75. The Morgan fingerprint density at radius 3 is 3.00 bits per heavy atom. The van der Waals surface area contributed by atoms with E-state index in [0.29, 0.717) is 18.7 Å². The number of aromatic nitrogens is 1. The number of carbonyl (C=O) groups is 2. The van der Waals surface area contributed by atoms with Crippen molar-refractivity contribution in [2.45, 2.75) is 19.8 Å². The van der Waals surface area contributed by atoms with Gasteiger partial charge in [0.25, 0.3) is 5.91 Å². The molecule has 0 N–H and O–H groups in total. The summed E-state index contributed by atoms with van der Waals surface area (Å²) in [6, 6.07) is 3.65. The fourth-order valence-electron chi connectivity index (χ4n) is 1.87. The van der Waals surface area contributed by atoms with Crippen LogP contribution in [0.3, 0.4) is 0 Å². The zero-order chi connectivity index (χ0) is 11.5. The number of carbonyl (C=O) groups excluding carboxylic acids is 2. The summed E-state index contributed by atoms with van der Waals surface area (Å²) in [7, 11) is 0. The van der Waals surface area contributed by atoms with Gasteiger partial charge in [-0.2, -0.15) is 0 Å². The van der Waals surface area contributed by atoms with E-state index in [9.17, 15) is 9.59 Å². The van der Waals surface area contributed by atoms with Crippen LogP contribution in [0.2, 0.25) is 0 Å². The molecule has 1 aliphatic heterocycles. The number of Topliss-reactive ketones (excluding diaryl/α,β-unsaturated/α-hetero) is 1. The van der Waals surface area contributed by atoms with Crippen molar-refractivity contribution in [3.63, 3.8) is 0 Å². The van der Waals surface area contributed by atoms with Crippen molar-refractivity contribution in [1.29, 1.82) is 0 Å². The Hall–Kier alpha value is -1.71. The van der Waals surface area contributed by atoms with Crippen molar-refractivity contribution >= 4 is 11.7 Å². The van der Waals surface area contributed by atoms with Gasteiger partial charge in [-0.3, -0.25) is 14.6 Å². The highest BCUT2D eigenvalue weighted by atomic mass is 16.2. The molecule has 0 unspecified atom stereocenters. The van der Waals surface area contributed by atoms with Crippen LogP contribution in [0.25, 0.3) is 0 Å². The Morgan fingerprint density at radius 1 is 1.50 bits per heavy atom. The highest BCUT2D eigenvalue weighted by Crippen LogP contribution is 2.12. The highest BCUT2D eigenvalue weighted by molar-refractivity contribution is 5.96. The first-order valence-electron chi connectivity index (χ1n) is 5.41. The molecule has 1 fully saturated rings. The SMILES string of the molecule is Cc1cccnc1C(=O)N1CCCC(=O)C1. The van der Waals surface area contributed by atoms with E-state index in [4.69, 9.17) is 0 Å². The first kappa shape index (κ1) is 10.8. The fraction of sp³-hybridized carbons (Fsp3) is 0.417. The van der Waals surface area contributed by atoms with Crippen molar-refractivity contribution in [3.8, 4) is 0 Å². The number of aryl methyl sites for hydroxylation is 1. The summed E-state index contributed by atoms with van der Waals surface area (Å²) in [5.74, 6) is -0.000616. The number of likely N-dealkylation sites (tertiary alicyclic amines) is 1. The lowest BCUT2D eigenvalue weighted by atomic mass is 10.1. The normalized spacial score (nSPS) is 16.3. The second kappa shape index (κ2) is 4.43. The smallest absolute Gasteiger partial charge is 0.273 e. The fourth-order valence-corrected chi connectivity index (χ4v) is 1.87. The van der Waals surface area contributed by atoms with Crippen LogP contribution >= 0.6 is 0 Å². The number of nitrogens with zero attached hydrogens (tertiary/aromatic N) is 2. The molecular formula is C12H14N2O2. The maximum atomic E-state index is 12.1. The van der Waals surface area contributed by atoms with Gasteiger partial charge in [0.2, 0.25) is 0 Å². The van der Waals surface area contributed by atoms with E-state index >= 15 is 0 Å². The van der Waals surface area contributed by atoms with Crippen molar-refractivity contribution in [2.24, 2.45) is 0 Å². The van der Waals surface area contributed by atoms with Crippen LogP contribution in [-0.2, 0) is 4.79 Å². The third kappa shape index (κ3) is 2.10. The number of amides is 1. The standard InChI is InChI=1S/C12H14N2O2/c1-9-4-2-6-13-11(9)12(16)14-7-3-5-10(15)8-14/h2,4,6H,3,5,7-8H2,1H3. The van der Waals surface area contributed by atoms with Gasteiger partial charge in [0, 0.05) is 19.2 Å². The Labute approximate surface area is 94.3 Å². The molecule has 0 spiro atoms. The predicted octanol–water partition coefficient (Wildman–Crippen LogP) is 1.20. The molecular weight excluding hydrogens is 204 g/mol. The molecule has 0 radical (unpaired) electrons. The van der Waals surface area contributed by atoms with Gasteiger partial charge >= 0.3 is 0 Å². The molecule has 0 aromatic carbocycles. The summed E-state index contributed by atoms with van der Waals surface area (Å²) in [6.45, 7) is 2.74. The lowest BCUT2D eigenvalue weighted by Gasteiger charge is -2.25. The molecule has 0 bridgehead atoms. The molecule has 0 aliphatic carbocycles. The molecule has 4 nitrogen and oxygen atoms in total. The van der Waals surface area contributed by atoms with Crippen LogP contribution in [0.15, 0.2) is 18.3 Å². The molecule has 16 heavy (non-hydrogen) atoms. The Kier molecular flexibility index (Phi) is 2.99. The van der Waals surface area contributed by atoms with Crippen molar-refractivity contribution in [1.82, 2.24) is 9.88 Å². The van der Waals surface area contributed by atoms with Gasteiger partial charge in [-0.1, -0.05) is 6.07 Å². The molecule has 2 rings (SSSR count). The Bertz CT molecular complexity index is 429. The zero-order valence-electron chi connectivity index (χ0n) is 9.27. The molecule has 0 saturated carbocycles. The highest BCUT2D eigenvalue weighted by Gasteiger charge is 2.24. The second-order valence-electron chi connectivity index (χ2n) is 4.04. The maximum absolute atomic E-state index is 12.1. The van der Waals surface area contributed by atoms with Crippen LogP contribution in [0, 0.1) is 6.92 Å². The lowest BCUT2D eigenvalue weighted by molar-refractivity contribution is -0.121. The molecule has 0 atom stereocenters. The topological polar surface area (TPSA) is 50.3 Å². The summed E-state index contributed by atoms with van der Waals surface area (Å²) in [5, 5.41) is 0. The van der Waals surface area contributed by atoms with E-state index in [0.717, 1.165) is 12.0 Å². The second-order valence-corrected chi connectivity index (χ2v) is 4.04. The van der Waals surface area contributed by atoms with Crippen molar-refractivity contribution < 1.29 is 9.59 Å². The zero-order valence-corrected chi connectivity index (χ0v) is 9.27. The summed E-state index contributed by atoms with van der Waals surface area (Å²) >= 11 is 0. The van der Waals surface area contributed by atoms with Gasteiger partial charge in [-0.05, 0) is 25.0 Å². The van der Waals surface area contributed by atoms with Gasteiger partial charge < -0.3 is 4.90 Å². The first-order valence-corrected chi connectivity index (χ1v) is 5.41. The molecule has 1 aromatic heterocycles. The molecule has 84 valence electrons. The predicted molar refractivity (Wildman–Crippen MR) is 59.1 cm³/mol. The van der Waals surface area contributed by atoms with Crippen LogP contribution in [0.1, 0.15) is 28.9 Å². The van der Waals surface area contributed by atoms with Crippen LogP contribution in [-0.4, -0.2) is 34.7 Å². The molecule has 4 heteroatoms. The van der Waals surface area contributed by atoms with E-state index in [1.54, 1.807) is 17.2 Å². The quantitative estimate of drug-likeness (QED) is 0.711. The van der Waals surface area contributed by atoms with Crippen LogP contribution < -0.4 is 0 Å². The molecule has 1 aliphatic rings. The molecule has 1 saturated heterocycles. The van der Waals surface area contributed by atoms with Gasteiger partial charge in [0.1, 0.15) is 5.69 Å². The monoisotopic (exact) mass is 218 g/mol.